The topological polar surface area (TPSA) is 96.6 Å². The lowest BCUT2D eigenvalue weighted by molar-refractivity contribution is -0.119. The van der Waals surface area contributed by atoms with Crippen molar-refractivity contribution in [2.24, 2.45) is 0 Å². The van der Waals surface area contributed by atoms with Crippen LogP contribution in [0.25, 0.3) is 0 Å². The van der Waals surface area contributed by atoms with Gasteiger partial charge in [-0.3, -0.25) is 9.69 Å². The Balaban J connectivity index is 1.48. The zero-order valence-corrected chi connectivity index (χ0v) is 14.4. The van der Waals surface area contributed by atoms with Gasteiger partial charge < -0.3 is 19.5 Å². The van der Waals surface area contributed by atoms with Gasteiger partial charge in [0.2, 0.25) is 5.91 Å². The third-order valence-electron chi connectivity index (χ3n) is 3.91. The highest BCUT2D eigenvalue weighted by atomic mass is 16.5. The van der Waals surface area contributed by atoms with E-state index in [1.54, 1.807) is 19.2 Å². The summed E-state index contributed by atoms with van der Waals surface area (Å²) in [6.45, 7) is 4.74. The third-order valence-corrected chi connectivity index (χ3v) is 3.91. The fourth-order valence-corrected chi connectivity index (χ4v) is 2.74. The number of morpholine rings is 1. The van der Waals surface area contributed by atoms with Gasteiger partial charge in [0.05, 0.1) is 19.3 Å². The molecule has 0 aromatic carbocycles. The first-order valence-corrected chi connectivity index (χ1v) is 8.16. The highest BCUT2D eigenvalue weighted by Gasteiger charge is 2.24. The second kappa shape index (κ2) is 8.04. The molecule has 0 saturated carbocycles. The van der Waals surface area contributed by atoms with Crippen LogP contribution in [0.5, 0.6) is 0 Å². The number of likely N-dealkylation sites (N-methyl/N-ethyl adjacent to an activating group) is 1. The van der Waals surface area contributed by atoms with Crippen LogP contribution >= 0.6 is 0 Å². The standard InChI is InChI=1S/C16H22N6O3/c1-12-8-14(20-25-12)18-16(23)11-22-6-7-24-13(10-22)9-21(2)15-4-3-5-17-19-15/h3-5,8,13H,6-7,9-11H2,1-2H3,(H,18,20,23)/t13-/m1/s1. The Morgan fingerprint density at radius 1 is 1.52 bits per heavy atom. The molecule has 0 spiro atoms. The zero-order chi connectivity index (χ0) is 17.6. The van der Waals surface area contributed by atoms with Crippen LogP contribution in [0.1, 0.15) is 5.76 Å². The molecule has 1 N–H and O–H groups in total. The summed E-state index contributed by atoms with van der Waals surface area (Å²) in [5, 5.41) is 14.5. The molecule has 1 atom stereocenters. The van der Waals surface area contributed by atoms with Gasteiger partial charge in [0.1, 0.15) is 5.76 Å². The van der Waals surface area contributed by atoms with Gasteiger partial charge in [0.25, 0.3) is 0 Å². The van der Waals surface area contributed by atoms with Crippen molar-refractivity contribution in [2.45, 2.75) is 13.0 Å². The van der Waals surface area contributed by atoms with Crippen LogP contribution in [-0.4, -0.2) is 72.1 Å². The molecule has 3 rings (SSSR count). The number of carbonyl (C=O) groups excluding carboxylic acids is 1. The number of aromatic nitrogens is 3. The van der Waals surface area contributed by atoms with Crippen LogP contribution in [-0.2, 0) is 9.53 Å². The number of nitrogens with zero attached hydrogens (tertiary/aromatic N) is 5. The number of ether oxygens (including phenoxy) is 1. The van der Waals surface area contributed by atoms with E-state index in [2.05, 4.69) is 25.6 Å². The summed E-state index contributed by atoms with van der Waals surface area (Å²) in [4.78, 5) is 16.2. The first-order chi connectivity index (χ1) is 12.1. The Hall–Kier alpha value is -2.52. The van der Waals surface area contributed by atoms with Crippen molar-refractivity contribution in [1.82, 2.24) is 20.3 Å². The van der Waals surface area contributed by atoms with Gasteiger partial charge in [-0.05, 0) is 19.1 Å². The summed E-state index contributed by atoms with van der Waals surface area (Å²) in [5.41, 5.74) is 0. The van der Waals surface area contributed by atoms with Crippen LogP contribution in [0.3, 0.4) is 0 Å². The molecule has 2 aromatic rings. The van der Waals surface area contributed by atoms with Crippen LogP contribution in [0.4, 0.5) is 11.6 Å². The minimum Gasteiger partial charge on any atom is -0.374 e. The van der Waals surface area contributed by atoms with Crippen molar-refractivity contribution in [2.75, 3.05) is 50.1 Å². The predicted octanol–water partition coefficient (Wildman–Crippen LogP) is 0.549. The Bertz CT molecular complexity index is 692. The van der Waals surface area contributed by atoms with Crippen molar-refractivity contribution in [3.05, 3.63) is 30.2 Å². The molecule has 1 amide bonds. The average Bonchev–Trinajstić information content (AvgIpc) is 3.00. The Labute approximate surface area is 145 Å². The molecule has 1 saturated heterocycles. The van der Waals surface area contributed by atoms with Gasteiger partial charge in [-0.25, -0.2) is 0 Å². The molecule has 1 fully saturated rings. The molecule has 0 unspecified atom stereocenters. The largest absolute Gasteiger partial charge is 0.374 e. The van der Waals surface area contributed by atoms with E-state index in [0.29, 0.717) is 37.8 Å². The molecule has 134 valence electrons. The van der Waals surface area contributed by atoms with Gasteiger partial charge in [0.15, 0.2) is 11.6 Å². The number of anilines is 2. The molecule has 1 aliphatic rings. The Morgan fingerprint density at radius 2 is 2.40 bits per heavy atom. The Kier molecular flexibility index (Phi) is 5.56. The highest BCUT2D eigenvalue weighted by molar-refractivity contribution is 5.91. The highest BCUT2D eigenvalue weighted by Crippen LogP contribution is 2.12. The predicted molar refractivity (Wildman–Crippen MR) is 91.4 cm³/mol. The molecule has 1 aliphatic heterocycles. The number of hydrogen-bond donors (Lipinski definition) is 1. The lowest BCUT2D eigenvalue weighted by Crippen LogP contribution is -2.49. The van der Waals surface area contributed by atoms with Crippen molar-refractivity contribution in [3.63, 3.8) is 0 Å². The first-order valence-electron chi connectivity index (χ1n) is 8.16. The minimum absolute atomic E-state index is 0.00264. The molecule has 2 aromatic heterocycles. The summed E-state index contributed by atoms with van der Waals surface area (Å²) in [7, 11) is 1.95. The van der Waals surface area contributed by atoms with Gasteiger partial charge >= 0.3 is 0 Å². The molecule has 0 bridgehead atoms. The number of amides is 1. The molecular formula is C16H22N6O3. The second-order valence-electron chi connectivity index (χ2n) is 6.06. The van der Waals surface area contributed by atoms with Gasteiger partial charge in [-0.2, -0.15) is 5.10 Å². The van der Waals surface area contributed by atoms with Crippen molar-refractivity contribution in [1.29, 1.82) is 0 Å². The molecule has 9 nitrogen and oxygen atoms in total. The average molecular weight is 346 g/mol. The minimum atomic E-state index is -0.115. The second-order valence-corrected chi connectivity index (χ2v) is 6.06. The van der Waals surface area contributed by atoms with Gasteiger partial charge in [-0.1, -0.05) is 5.16 Å². The van der Waals surface area contributed by atoms with E-state index in [1.807, 2.05) is 24.1 Å². The normalized spacial score (nSPS) is 18.1. The van der Waals surface area contributed by atoms with E-state index in [9.17, 15) is 4.79 Å². The van der Waals surface area contributed by atoms with E-state index in [4.69, 9.17) is 9.26 Å². The summed E-state index contributed by atoms with van der Waals surface area (Å²) in [5.74, 6) is 1.78. The maximum Gasteiger partial charge on any atom is 0.239 e. The smallest absolute Gasteiger partial charge is 0.239 e. The lowest BCUT2D eigenvalue weighted by Gasteiger charge is -2.34. The summed E-state index contributed by atoms with van der Waals surface area (Å²) >= 11 is 0. The van der Waals surface area contributed by atoms with E-state index in [1.165, 1.54) is 0 Å². The first kappa shape index (κ1) is 17.3. The van der Waals surface area contributed by atoms with Gasteiger partial charge in [0, 0.05) is 38.9 Å². The summed E-state index contributed by atoms with van der Waals surface area (Å²) < 4.78 is 10.8. The van der Waals surface area contributed by atoms with E-state index < -0.39 is 0 Å². The molecular weight excluding hydrogens is 324 g/mol. The number of hydrogen-bond acceptors (Lipinski definition) is 8. The molecule has 9 heteroatoms. The van der Waals surface area contributed by atoms with Crippen molar-refractivity contribution >= 4 is 17.5 Å². The van der Waals surface area contributed by atoms with Crippen LogP contribution in [0.15, 0.2) is 28.9 Å². The van der Waals surface area contributed by atoms with Crippen LogP contribution in [0.2, 0.25) is 0 Å². The van der Waals surface area contributed by atoms with E-state index in [-0.39, 0.29) is 12.0 Å². The third kappa shape index (κ3) is 4.97. The van der Waals surface area contributed by atoms with Crippen molar-refractivity contribution < 1.29 is 14.1 Å². The monoisotopic (exact) mass is 346 g/mol. The van der Waals surface area contributed by atoms with Crippen molar-refractivity contribution in [3.8, 4) is 0 Å². The fraction of sp³-hybridized carbons (Fsp3) is 0.500. The summed E-state index contributed by atoms with van der Waals surface area (Å²) in [6.07, 6.45) is 1.65. The number of aryl methyl sites for hydroxylation is 1. The Morgan fingerprint density at radius 3 is 3.12 bits per heavy atom. The maximum absolute atomic E-state index is 12.1. The number of nitrogens with one attached hydrogen (secondary N) is 1. The van der Waals surface area contributed by atoms with E-state index in [0.717, 1.165) is 12.4 Å². The fourth-order valence-electron chi connectivity index (χ4n) is 2.74. The quantitative estimate of drug-likeness (QED) is 0.810. The van der Waals surface area contributed by atoms with Crippen LogP contribution < -0.4 is 10.2 Å². The van der Waals surface area contributed by atoms with Crippen LogP contribution in [0, 0.1) is 6.92 Å². The lowest BCUT2D eigenvalue weighted by atomic mass is 10.2. The van der Waals surface area contributed by atoms with E-state index >= 15 is 0 Å². The SMILES string of the molecule is Cc1cc(NC(=O)CN2CCO[C@H](CN(C)c3cccnn3)C2)no1. The molecule has 25 heavy (non-hydrogen) atoms. The molecule has 3 heterocycles. The van der Waals surface area contributed by atoms with Gasteiger partial charge in [-0.15, -0.1) is 5.10 Å². The summed E-state index contributed by atoms with van der Waals surface area (Å²) in [6, 6.07) is 5.44. The number of carbonyl (C=O) groups is 1. The number of rotatable bonds is 6. The zero-order valence-electron chi connectivity index (χ0n) is 14.4. The molecule has 0 radical (unpaired) electrons. The molecule has 0 aliphatic carbocycles. The maximum atomic E-state index is 12.1.